The van der Waals surface area contributed by atoms with Gasteiger partial charge in [0.2, 0.25) is 5.89 Å². The second-order valence-electron chi connectivity index (χ2n) is 5.09. The highest BCUT2D eigenvalue weighted by Crippen LogP contribution is 2.26. The van der Waals surface area contributed by atoms with Gasteiger partial charge in [0.25, 0.3) is 5.91 Å². The Kier molecular flexibility index (Phi) is 3.64. The molecule has 3 heterocycles. The van der Waals surface area contributed by atoms with Gasteiger partial charge >= 0.3 is 0 Å². The van der Waals surface area contributed by atoms with E-state index in [0.717, 1.165) is 19.0 Å². The molecule has 0 N–H and O–H groups in total. The molecular formula is C14H15FN4O2. The van der Waals surface area contributed by atoms with Crippen LogP contribution in [0.15, 0.2) is 23.0 Å². The van der Waals surface area contributed by atoms with Crippen molar-refractivity contribution in [2.24, 2.45) is 0 Å². The van der Waals surface area contributed by atoms with Crippen LogP contribution in [0.5, 0.6) is 0 Å². The van der Waals surface area contributed by atoms with E-state index < -0.39 is 5.82 Å². The molecule has 21 heavy (non-hydrogen) atoms. The van der Waals surface area contributed by atoms with Crippen LogP contribution in [0, 0.1) is 12.7 Å². The number of hydrogen-bond acceptors (Lipinski definition) is 5. The van der Waals surface area contributed by atoms with Crippen LogP contribution in [0.4, 0.5) is 4.39 Å². The largest absolute Gasteiger partial charge is 0.340 e. The van der Waals surface area contributed by atoms with Crippen molar-refractivity contribution in [3.8, 4) is 0 Å². The van der Waals surface area contributed by atoms with E-state index in [1.807, 2.05) is 0 Å². The Morgan fingerprint density at radius 1 is 1.43 bits per heavy atom. The van der Waals surface area contributed by atoms with Crippen molar-refractivity contribution < 1.29 is 13.7 Å². The molecule has 1 aliphatic heterocycles. The van der Waals surface area contributed by atoms with Crippen LogP contribution in [0.3, 0.4) is 0 Å². The van der Waals surface area contributed by atoms with Crippen LogP contribution in [0.1, 0.15) is 40.8 Å². The van der Waals surface area contributed by atoms with Crippen LogP contribution in [-0.4, -0.2) is 39.0 Å². The second-order valence-corrected chi connectivity index (χ2v) is 5.09. The van der Waals surface area contributed by atoms with Crippen molar-refractivity contribution >= 4 is 5.91 Å². The molecule has 6 nitrogen and oxygen atoms in total. The molecular weight excluding hydrogens is 275 g/mol. The first-order valence-corrected chi connectivity index (χ1v) is 6.84. The third-order valence-electron chi connectivity index (χ3n) is 3.69. The smallest absolute Gasteiger partial charge is 0.256 e. The molecule has 0 radical (unpaired) electrons. The van der Waals surface area contributed by atoms with Crippen molar-refractivity contribution in [1.82, 2.24) is 20.0 Å². The van der Waals surface area contributed by atoms with Crippen molar-refractivity contribution in [2.45, 2.75) is 25.7 Å². The highest BCUT2D eigenvalue weighted by atomic mass is 19.1. The first-order valence-electron chi connectivity index (χ1n) is 6.84. The summed E-state index contributed by atoms with van der Waals surface area (Å²) in [4.78, 5) is 21.8. The SMILES string of the molecule is Cc1nc(C2CCN(C(=O)c3ccncc3F)CC2)no1. The van der Waals surface area contributed by atoms with E-state index in [1.54, 1.807) is 11.8 Å². The minimum Gasteiger partial charge on any atom is -0.340 e. The number of amides is 1. The zero-order valence-electron chi connectivity index (χ0n) is 11.6. The number of nitrogens with zero attached hydrogens (tertiary/aromatic N) is 4. The number of pyridine rings is 1. The summed E-state index contributed by atoms with van der Waals surface area (Å²) < 4.78 is 18.6. The molecule has 2 aromatic heterocycles. The van der Waals surface area contributed by atoms with E-state index >= 15 is 0 Å². The summed E-state index contributed by atoms with van der Waals surface area (Å²) in [7, 11) is 0. The molecule has 1 saturated heterocycles. The van der Waals surface area contributed by atoms with Crippen LogP contribution in [0.2, 0.25) is 0 Å². The second kappa shape index (κ2) is 5.59. The maximum atomic E-state index is 13.6. The summed E-state index contributed by atoms with van der Waals surface area (Å²) in [6.45, 7) is 2.86. The molecule has 1 aliphatic rings. The van der Waals surface area contributed by atoms with Crippen LogP contribution in [-0.2, 0) is 0 Å². The minimum atomic E-state index is -0.585. The average Bonchev–Trinajstić information content (AvgIpc) is 2.94. The highest BCUT2D eigenvalue weighted by Gasteiger charge is 2.28. The molecule has 0 saturated carbocycles. The van der Waals surface area contributed by atoms with E-state index in [-0.39, 0.29) is 17.4 Å². The summed E-state index contributed by atoms with van der Waals surface area (Å²) in [6, 6.07) is 1.41. The molecule has 110 valence electrons. The number of halogens is 1. The Balaban J connectivity index is 1.66. The number of aromatic nitrogens is 3. The third-order valence-corrected chi connectivity index (χ3v) is 3.69. The quantitative estimate of drug-likeness (QED) is 0.845. The van der Waals surface area contributed by atoms with Crippen LogP contribution < -0.4 is 0 Å². The van der Waals surface area contributed by atoms with Gasteiger partial charge in [-0.05, 0) is 18.9 Å². The average molecular weight is 290 g/mol. The number of carbonyl (C=O) groups is 1. The summed E-state index contributed by atoms with van der Waals surface area (Å²) in [6.07, 6.45) is 3.97. The van der Waals surface area contributed by atoms with Gasteiger partial charge in [0.05, 0.1) is 11.8 Å². The lowest BCUT2D eigenvalue weighted by atomic mass is 9.95. The van der Waals surface area contributed by atoms with Crippen molar-refractivity contribution in [3.63, 3.8) is 0 Å². The molecule has 1 fully saturated rings. The normalized spacial score (nSPS) is 16.2. The lowest BCUT2D eigenvalue weighted by Gasteiger charge is -2.30. The van der Waals surface area contributed by atoms with Crippen molar-refractivity contribution in [2.75, 3.05) is 13.1 Å². The summed E-state index contributed by atoms with van der Waals surface area (Å²) in [5.41, 5.74) is 0.0684. The maximum absolute atomic E-state index is 13.6. The van der Waals surface area contributed by atoms with Crippen molar-refractivity contribution in [3.05, 3.63) is 41.6 Å². The van der Waals surface area contributed by atoms with E-state index in [4.69, 9.17) is 4.52 Å². The molecule has 1 amide bonds. The molecule has 3 rings (SSSR count). The minimum absolute atomic E-state index is 0.0684. The lowest BCUT2D eigenvalue weighted by Crippen LogP contribution is -2.38. The van der Waals surface area contributed by atoms with Gasteiger partial charge in [0.1, 0.15) is 0 Å². The molecule has 0 aliphatic carbocycles. The number of rotatable bonds is 2. The van der Waals surface area contributed by atoms with Gasteiger partial charge in [0, 0.05) is 32.1 Å². The Labute approximate surface area is 121 Å². The third kappa shape index (κ3) is 2.76. The maximum Gasteiger partial charge on any atom is 0.256 e. The Bertz CT molecular complexity index is 650. The number of piperidine rings is 1. The first kappa shape index (κ1) is 13.7. The Morgan fingerprint density at radius 3 is 2.81 bits per heavy atom. The van der Waals surface area contributed by atoms with Crippen LogP contribution >= 0.6 is 0 Å². The van der Waals surface area contributed by atoms with E-state index in [1.165, 1.54) is 12.3 Å². The zero-order valence-corrected chi connectivity index (χ0v) is 11.6. The predicted molar refractivity (Wildman–Crippen MR) is 71.1 cm³/mol. The van der Waals surface area contributed by atoms with E-state index in [2.05, 4.69) is 15.1 Å². The molecule has 0 atom stereocenters. The van der Waals surface area contributed by atoms with E-state index in [0.29, 0.717) is 24.8 Å². The molecule has 0 unspecified atom stereocenters. The van der Waals surface area contributed by atoms with E-state index in [9.17, 15) is 9.18 Å². The van der Waals surface area contributed by atoms with Gasteiger partial charge < -0.3 is 9.42 Å². The summed E-state index contributed by atoms with van der Waals surface area (Å²) >= 11 is 0. The number of likely N-dealkylation sites (tertiary alicyclic amines) is 1. The fraction of sp³-hybridized carbons (Fsp3) is 0.429. The molecule has 7 heteroatoms. The van der Waals surface area contributed by atoms with Gasteiger partial charge in [-0.2, -0.15) is 4.98 Å². The Morgan fingerprint density at radius 2 is 2.19 bits per heavy atom. The standard InChI is InChI=1S/C14H15FN4O2/c1-9-17-13(18-21-9)10-3-6-19(7-4-10)14(20)11-2-5-16-8-12(11)15/h2,5,8,10H,3-4,6-7H2,1H3. The Hall–Kier alpha value is -2.31. The van der Waals surface area contributed by atoms with Crippen LogP contribution in [0.25, 0.3) is 0 Å². The summed E-state index contributed by atoms with van der Waals surface area (Å²) in [5, 5.41) is 3.92. The van der Waals surface area contributed by atoms with Gasteiger partial charge in [-0.3, -0.25) is 9.78 Å². The van der Waals surface area contributed by atoms with Gasteiger partial charge in [-0.25, -0.2) is 4.39 Å². The van der Waals surface area contributed by atoms with Gasteiger partial charge in [-0.1, -0.05) is 5.16 Å². The molecule has 0 aromatic carbocycles. The first-order chi connectivity index (χ1) is 10.1. The summed E-state index contributed by atoms with van der Waals surface area (Å²) in [5.74, 6) is 0.543. The molecule has 0 spiro atoms. The highest BCUT2D eigenvalue weighted by molar-refractivity contribution is 5.94. The fourth-order valence-electron chi connectivity index (χ4n) is 2.54. The lowest BCUT2D eigenvalue weighted by molar-refractivity contribution is 0.0705. The molecule has 2 aromatic rings. The molecule has 0 bridgehead atoms. The number of carbonyl (C=O) groups excluding carboxylic acids is 1. The predicted octanol–water partition coefficient (Wildman–Crippen LogP) is 1.93. The van der Waals surface area contributed by atoms with Gasteiger partial charge in [-0.15, -0.1) is 0 Å². The van der Waals surface area contributed by atoms with Gasteiger partial charge in [0.15, 0.2) is 11.6 Å². The monoisotopic (exact) mass is 290 g/mol. The number of hydrogen-bond donors (Lipinski definition) is 0. The number of aryl methyl sites for hydroxylation is 1. The van der Waals surface area contributed by atoms with Crippen molar-refractivity contribution in [1.29, 1.82) is 0 Å². The zero-order chi connectivity index (χ0) is 14.8. The fourth-order valence-corrected chi connectivity index (χ4v) is 2.54. The topological polar surface area (TPSA) is 72.1 Å².